The summed E-state index contributed by atoms with van der Waals surface area (Å²) in [5, 5.41) is 1.52. The maximum absolute atomic E-state index is 6.31. The predicted octanol–water partition coefficient (Wildman–Crippen LogP) is 3.95. The summed E-state index contributed by atoms with van der Waals surface area (Å²) in [4.78, 5) is 2.26. The summed E-state index contributed by atoms with van der Waals surface area (Å²) in [5.41, 5.74) is 2.12. The van der Waals surface area contributed by atoms with E-state index in [2.05, 4.69) is 18.7 Å². The number of halogens is 2. The molecule has 17 heavy (non-hydrogen) atoms. The minimum atomic E-state index is 0.341. The highest BCUT2D eigenvalue weighted by atomic mass is 35.5. The van der Waals surface area contributed by atoms with Gasteiger partial charge in [0.25, 0.3) is 0 Å². The molecule has 0 unspecified atom stereocenters. The molecule has 1 fully saturated rings. The Labute approximate surface area is 112 Å². The molecule has 0 saturated carbocycles. The Morgan fingerprint density at radius 1 is 1.12 bits per heavy atom. The molecule has 94 valence electrons. The van der Waals surface area contributed by atoms with Crippen LogP contribution >= 0.6 is 23.2 Å². The third kappa shape index (κ3) is 2.87. The lowest BCUT2D eigenvalue weighted by Gasteiger charge is -2.29. The third-order valence-electron chi connectivity index (χ3n) is 3.02. The first-order valence-electron chi connectivity index (χ1n) is 5.91. The highest BCUT2D eigenvalue weighted by molar-refractivity contribution is 6.36. The zero-order chi connectivity index (χ0) is 12.4. The van der Waals surface area contributed by atoms with E-state index in [1.807, 2.05) is 12.1 Å². The summed E-state index contributed by atoms with van der Waals surface area (Å²) < 4.78 is 5.34. The van der Waals surface area contributed by atoms with Crippen molar-refractivity contribution < 1.29 is 4.74 Å². The Balaban J connectivity index is 2.31. The molecule has 0 radical (unpaired) electrons. The molecule has 4 heteroatoms. The van der Waals surface area contributed by atoms with Crippen molar-refractivity contribution in [2.45, 2.75) is 19.8 Å². The van der Waals surface area contributed by atoms with Gasteiger partial charge in [-0.2, -0.15) is 0 Å². The third-order valence-corrected chi connectivity index (χ3v) is 3.64. The second kappa shape index (κ2) is 5.47. The van der Waals surface area contributed by atoms with Gasteiger partial charge >= 0.3 is 0 Å². The molecule has 1 heterocycles. The molecule has 1 aromatic rings. The lowest BCUT2D eigenvalue weighted by atomic mass is 10.0. The van der Waals surface area contributed by atoms with E-state index in [1.54, 1.807) is 0 Å². The molecule has 1 saturated heterocycles. The quantitative estimate of drug-likeness (QED) is 0.809. The Hall–Kier alpha value is -0.440. The smallest absolute Gasteiger partial charge is 0.0642 e. The van der Waals surface area contributed by atoms with Crippen molar-refractivity contribution in [1.82, 2.24) is 0 Å². The van der Waals surface area contributed by atoms with Crippen LogP contribution in [-0.2, 0) is 4.74 Å². The van der Waals surface area contributed by atoms with E-state index in [1.165, 1.54) is 0 Å². The van der Waals surface area contributed by atoms with Gasteiger partial charge in [-0.1, -0.05) is 37.0 Å². The van der Waals surface area contributed by atoms with Gasteiger partial charge in [-0.25, -0.2) is 0 Å². The summed E-state index contributed by atoms with van der Waals surface area (Å²) in [6.45, 7) is 7.52. The molecule has 2 rings (SSSR count). The summed E-state index contributed by atoms with van der Waals surface area (Å²) in [5.74, 6) is 0.341. The van der Waals surface area contributed by atoms with Crippen molar-refractivity contribution in [3.8, 4) is 0 Å². The van der Waals surface area contributed by atoms with E-state index in [9.17, 15) is 0 Å². The van der Waals surface area contributed by atoms with Crippen molar-refractivity contribution in [2.75, 3.05) is 31.2 Å². The second-order valence-corrected chi connectivity index (χ2v) is 5.39. The number of benzene rings is 1. The van der Waals surface area contributed by atoms with E-state index in [4.69, 9.17) is 27.9 Å². The zero-order valence-corrected chi connectivity index (χ0v) is 11.7. The van der Waals surface area contributed by atoms with Crippen molar-refractivity contribution in [3.05, 3.63) is 27.7 Å². The number of anilines is 1. The summed E-state index contributed by atoms with van der Waals surface area (Å²) in [7, 11) is 0. The molecule has 0 spiro atoms. The van der Waals surface area contributed by atoms with Crippen molar-refractivity contribution in [3.63, 3.8) is 0 Å². The normalized spacial score (nSPS) is 16.6. The molecule has 0 atom stereocenters. The Kier molecular flexibility index (Phi) is 4.18. The van der Waals surface area contributed by atoms with Crippen LogP contribution in [0.15, 0.2) is 12.1 Å². The molecule has 1 aliphatic rings. The first kappa shape index (κ1) is 13.0. The Morgan fingerprint density at radius 3 is 2.12 bits per heavy atom. The maximum atomic E-state index is 6.31. The second-order valence-electron chi connectivity index (χ2n) is 4.58. The Bertz CT molecular complexity index is 377. The van der Waals surface area contributed by atoms with Crippen LogP contribution < -0.4 is 4.90 Å². The number of hydrogen-bond donors (Lipinski definition) is 0. The molecule has 0 aliphatic carbocycles. The highest BCUT2D eigenvalue weighted by Crippen LogP contribution is 2.35. The summed E-state index contributed by atoms with van der Waals surface area (Å²) in [6, 6.07) is 4.02. The van der Waals surface area contributed by atoms with Gasteiger partial charge in [0.2, 0.25) is 0 Å². The zero-order valence-electron chi connectivity index (χ0n) is 10.2. The standard InChI is InChI=1S/C13H17Cl2NO/c1-9(2)13-11(14)7-10(8-12(13)15)16-3-5-17-6-4-16/h7-9H,3-6H2,1-2H3. The fourth-order valence-corrected chi connectivity index (χ4v) is 3.04. The SMILES string of the molecule is CC(C)c1c(Cl)cc(N2CCOCC2)cc1Cl. The number of hydrogen-bond acceptors (Lipinski definition) is 2. The molecule has 0 amide bonds. The van der Waals surface area contributed by atoms with Crippen molar-refractivity contribution in [1.29, 1.82) is 0 Å². The summed E-state index contributed by atoms with van der Waals surface area (Å²) in [6.07, 6.45) is 0. The first-order valence-corrected chi connectivity index (χ1v) is 6.67. The molecule has 0 bridgehead atoms. The van der Waals surface area contributed by atoms with Gasteiger partial charge in [-0.3, -0.25) is 0 Å². The van der Waals surface area contributed by atoms with Crippen LogP contribution in [0.1, 0.15) is 25.3 Å². The minimum absolute atomic E-state index is 0.341. The maximum Gasteiger partial charge on any atom is 0.0642 e. The minimum Gasteiger partial charge on any atom is -0.378 e. The average Bonchev–Trinajstić information content (AvgIpc) is 2.28. The summed E-state index contributed by atoms with van der Waals surface area (Å²) >= 11 is 12.6. The van der Waals surface area contributed by atoms with Crippen LogP contribution in [-0.4, -0.2) is 26.3 Å². The van der Waals surface area contributed by atoms with E-state index < -0.39 is 0 Å². The van der Waals surface area contributed by atoms with Crippen LogP contribution in [0.5, 0.6) is 0 Å². The van der Waals surface area contributed by atoms with Crippen LogP contribution in [0.3, 0.4) is 0 Å². The van der Waals surface area contributed by atoms with Crippen LogP contribution in [0.25, 0.3) is 0 Å². The number of rotatable bonds is 2. The molecule has 0 N–H and O–H groups in total. The van der Waals surface area contributed by atoms with E-state index >= 15 is 0 Å². The number of ether oxygens (including phenoxy) is 1. The van der Waals surface area contributed by atoms with Gasteiger partial charge in [0, 0.05) is 28.8 Å². The topological polar surface area (TPSA) is 12.5 Å². The van der Waals surface area contributed by atoms with Gasteiger partial charge < -0.3 is 9.64 Å². The van der Waals surface area contributed by atoms with Crippen molar-refractivity contribution in [2.24, 2.45) is 0 Å². The fraction of sp³-hybridized carbons (Fsp3) is 0.538. The fourth-order valence-electron chi connectivity index (χ4n) is 2.13. The van der Waals surface area contributed by atoms with E-state index in [0.29, 0.717) is 5.92 Å². The van der Waals surface area contributed by atoms with Crippen LogP contribution in [0, 0.1) is 0 Å². The monoisotopic (exact) mass is 273 g/mol. The molecule has 2 nitrogen and oxygen atoms in total. The van der Waals surface area contributed by atoms with Gasteiger partial charge in [0.15, 0.2) is 0 Å². The molecule has 1 aliphatic heterocycles. The molecular formula is C13H17Cl2NO. The first-order chi connectivity index (χ1) is 8.09. The molecule has 1 aromatic carbocycles. The van der Waals surface area contributed by atoms with Gasteiger partial charge in [-0.05, 0) is 23.6 Å². The predicted molar refractivity (Wildman–Crippen MR) is 73.6 cm³/mol. The highest BCUT2D eigenvalue weighted by Gasteiger charge is 2.16. The van der Waals surface area contributed by atoms with Crippen LogP contribution in [0.2, 0.25) is 10.0 Å². The molecular weight excluding hydrogens is 257 g/mol. The van der Waals surface area contributed by atoms with Crippen LogP contribution in [0.4, 0.5) is 5.69 Å². The van der Waals surface area contributed by atoms with E-state index in [-0.39, 0.29) is 0 Å². The van der Waals surface area contributed by atoms with Gasteiger partial charge in [0.1, 0.15) is 0 Å². The largest absolute Gasteiger partial charge is 0.378 e. The van der Waals surface area contributed by atoms with Gasteiger partial charge in [0.05, 0.1) is 13.2 Å². The average molecular weight is 274 g/mol. The van der Waals surface area contributed by atoms with Gasteiger partial charge in [-0.15, -0.1) is 0 Å². The Morgan fingerprint density at radius 2 is 1.65 bits per heavy atom. The lowest BCUT2D eigenvalue weighted by Crippen LogP contribution is -2.36. The van der Waals surface area contributed by atoms with E-state index in [0.717, 1.165) is 47.6 Å². The molecule has 0 aromatic heterocycles. The number of nitrogens with zero attached hydrogens (tertiary/aromatic N) is 1. The lowest BCUT2D eigenvalue weighted by molar-refractivity contribution is 0.122. The van der Waals surface area contributed by atoms with Crippen molar-refractivity contribution >= 4 is 28.9 Å². The number of morpholine rings is 1.